The zero-order chi connectivity index (χ0) is 22.8. The second-order valence-electron chi connectivity index (χ2n) is 7.95. The van der Waals surface area contributed by atoms with Crippen molar-refractivity contribution in [2.75, 3.05) is 46.5 Å². The molecule has 1 saturated heterocycles. The quantitative estimate of drug-likeness (QED) is 0.614. The maximum atomic E-state index is 13.3. The molecule has 1 aliphatic rings. The molecule has 1 fully saturated rings. The summed E-state index contributed by atoms with van der Waals surface area (Å²) in [5.41, 5.74) is 1.96. The predicted octanol–water partition coefficient (Wildman–Crippen LogP) is 2.10. The Hall–Kier alpha value is -2.90. The Morgan fingerprint density at radius 2 is 1.75 bits per heavy atom. The first-order valence-electron chi connectivity index (χ1n) is 11.1. The molecule has 1 atom stereocenters. The zero-order valence-corrected chi connectivity index (χ0v) is 19.0. The molecule has 0 aromatic heterocycles. The van der Waals surface area contributed by atoms with E-state index >= 15 is 0 Å². The van der Waals surface area contributed by atoms with Crippen LogP contribution in [-0.2, 0) is 27.3 Å². The lowest BCUT2D eigenvalue weighted by molar-refractivity contribution is -0.139. The molecule has 0 spiro atoms. The van der Waals surface area contributed by atoms with Crippen LogP contribution in [0.2, 0.25) is 0 Å². The van der Waals surface area contributed by atoms with E-state index in [4.69, 9.17) is 9.47 Å². The summed E-state index contributed by atoms with van der Waals surface area (Å²) in [5.74, 6) is 0.487. The fourth-order valence-corrected chi connectivity index (χ4v) is 3.83. The molecule has 0 radical (unpaired) electrons. The molecule has 1 unspecified atom stereocenters. The molecule has 1 N–H and O–H groups in total. The maximum absolute atomic E-state index is 13.3. The number of nitrogens with zero attached hydrogens (tertiary/aromatic N) is 2. The number of carbonyl (C=O) groups excluding carboxylic acids is 2. The van der Waals surface area contributed by atoms with Gasteiger partial charge in [-0.25, -0.2) is 0 Å². The van der Waals surface area contributed by atoms with Crippen molar-refractivity contribution in [2.45, 2.75) is 25.9 Å². The standard InChI is InChI=1S/C25H33N3O4/c1-20(29)28(19-22-8-10-23(31-2)11-9-22)24(18-21-6-4-3-5-7-21)25(30)26-12-13-27-14-16-32-17-15-27/h3-11,24H,12-19H2,1-2H3,(H,26,30). The number of benzene rings is 2. The van der Waals surface area contributed by atoms with Gasteiger partial charge in [-0.3, -0.25) is 14.5 Å². The molecule has 0 saturated carbocycles. The van der Waals surface area contributed by atoms with Gasteiger partial charge in [0.25, 0.3) is 0 Å². The number of rotatable bonds is 10. The number of ether oxygens (including phenoxy) is 2. The molecule has 172 valence electrons. The Morgan fingerprint density at radius 1 is 1.06 bits per heavy atom. The van der Waals surface area contributed by atoms with Crippen molar-refractivity contribution in [3.05, 3.63) is 65.7 Å². The van der Waals surface area contributed by atoms with E-state index in [1.54, 1.807) is 12.0 Å². The number of nitrogens with one attached hydrogen (secondary N) is 1. The number of methoxy groups -OCH3 is 1. The van der Waals surface area contributed by atoms with Gasteiger partial charge in [-0.2, -0.15) is 0 Å². The lowest BCUT2D eigenvalue weighted by Gasteiger charge is -2.31. The van der Waals surface area contributed by atoms with Gasteiger partial charge in [0.1, 0.15) is 11.8 Å². The zero-order valence-electron chi connectivity index (χ0n) is 19.0. The summed E-state index contributed by atoms with van der Waals surface area (Å²) in [6.45, 7) is 6.39. The molecule has 1 heterocycles. The third-order valence-electron chi connectivity index (χ3n) is 5.70. The topological polar surface area (TPSA) is 71.1 Å². The van der Waals surface area contributed by atoms with E-state index in [0.29, 0.717) is 19.5 Å². The second kappa shape index (κ2) is 12.2. The van der Waals surface area contributed by atoms with Gasteiger partial charge in [0.15, 0.2) is 0 Å². The lowest BCUT2D eigenvalue weighted by Crippen LogP contribution is -2.51. The summed E-state index contributed by atoms with van der Waals surface area (Å²) in [6, 6.07) is 16.8. The van der Waals surface area contributed by atoms with E-state index in [-0.39, 0.29) is 11.8 Å². The first-order chi connectivity index (χ1) is 15.6. The average molecular weight is 440 g/mol. The molecule has 1 aliphatic heterocycles. The molecule has 2 aromatic rings. The fourth-order valence-electron chi connectivity index (χ4n) is 3.83. The van der Waals surface area contributed by atoms with Crippen molar-refractivity contribution in [1.82, 2.24) is 15.1 Å². The van der Waals surface area contributed by atoms with Gasteiger partial charge >= 0.3 is 0 Å². The summed E-state index contributed by atoms with van der Waals surface area (Å²) < 4.78 is 10.6. The maximum Gasteiger partial charge on any atom is 0.243 e. The van der Waals surface area contributed by atoms with Crippen LogP contribution < -0.4 is 10.1 Å². The van der Waals surface area contributed by atoms with Crippen molar-refractivity contribution in [1.29, 1.82) is 0 Å². The van der Waals surface area contributed by atoms with Crippen molar-refractivity contribution in [2.24, 2.45) is 0 Å². The van der Waals surface area contributed by atoms with Gasteiger partial charge < -0.3 is 19.7 Å². The minimum Gasteiger partial charge on any atom is -0.497 e. The van der Waals surface area contributed by atoms with Crippen molar-refractivity contribution >= 4 is 11.8 Å². The summed E-state index contributed by atoms with van der Waals surface area (Å²) in [7, 11) is 1.62. The highest BCUT2D eigenvalue weighted by molar-refractivity contribution is 5.87. The summed E-state index contributed by atoms with van der Waals surface area (Å²) in [6.07, 6.45) is 0.458. The Bertz CT molecular complexity index is 851. The molecule has 2 amide bonds. The van der Waals surface area contributed by atoms with E-state index in [1.165, 1.54) is 6.92 Å². The smallest absolute Gasteiger partial charge is 0.243 e. The largest absolute Gasteiger partial charge is 0.497 e. The Labute approximate surface area is 190 Å². The number of morpholine rings is 1. The van der Waals surface area contributed by atoms with Gasteiger partial charge in [-0.05, 0) is 23.3 Å². The molecule has 0 aliphatic carbocycles. The molecule has 7 nitrogen and oxygen atoms in total. The van der Waals surface area contributed by atoms with E-state index in [2.05, 4.69) is 10.2 Å². The van der Waals surface area contributed by atoms with Crippen LogP contribution >= 0.6 is 0 Å². The van der Waals surface area contributed by atoms with Crippen LogP contribution in [0.25, 0.3) is 0 Å². The molecular formula is C25H33N3O4. The normalized spacial score (nSPS) is 15.1. The van der Waals surface area contributed by atoms with Gasteiger partial charge in [0, 0.05) is 46.1 Å². The third kappa shape index (κ3) is 7.07. The predicted molar refractivity (Wildman–Crippen MR) is 123 cm³/mol. The summed E-state index contributed by atoms with van der Waals surface area (Å²) in [4.78, 5) is 29.8. The van der Waals surface area contributed by atoms with Gasteiger partial charge in [-0.15, -0.1) is 0 Å². The monoisotopic (exact) mass is 439 g/mol. The van der Waals surface area contributed by atoms with Gasteiger partial charge in [0.2, 0.25) is 11.8 Å². The van der Waals surface area contributed by atoms with Crippen molar-refractivity contribution in [3.8, 4) is 5.75 Å². The summed E-state index contributed by atoms with van der Waals surface area (Å²) >= 11 is 0. The molecule has 0 bridgehead atoms. The molecular weight excluding hydrogens is 406 g/mol. The molecule has 7 heteroatoms. The number of hydrogen-bond donors (Lipinski definition) is 1. The highest BCUT2D eigenvalue weighted by atomic mass is 16.5. The molecule has 32 heavy (non-hydrogen) atoms. The van der Waals surface area contributed by atoms with Gasteiger partial charge in [-0.1, -0.05) is 42.5 Å². The van der Waals surface area contributed by atoms with Crippen molar-refractivity contribution < 1.29 is 19.1 Å². The Balaban J connectivity index is 1.71. The van der Waals surface area contributed by atoms with Crippen LogP contribution in [-0.4, -0.2) is 74.2 Å². The van der Waals surface area contributed by atoms with Crippen LogP contribution in [0.4, 0.5) is 0 Å². The van der Waals surface area contributed by atoms with Crippen LogP contribution in [0.1, 0.15) is 18.1 Å². The minimum absolute atomic E-state index is 0.133. The number of carbonyl (C=O) groups is 2. The first kappa shape index (κ1) is 23.8. The minimum atomic E-state index is -0.596. The highest BCUT2D eigenvalue weighted by Crippen LogP contribution is 2.17. The highest BCUT2D eigenvalue weighted by Gasteiger charge is 2.28. The van der Waals surface area contributed by atoms with E-state index in [9.17, 15) is 9.59 Å². The van der Waals surface area contributed by atoms with Crippen LogP contribution in [0, 0.1) is 0 Å². The second-order valence-corrected chi connectivity index (χ2v) is 7.95. The molecule has 2 aromatic carbocycles. The molecule has 3 rings (SSSR count). The van der Waals surface area contributed by atoms with Crippen LogP contribution in [0.3, 0.4) is 0 Å². The van der Waals surface area contributed by atoms with Crippen LogP contribution in [0.5, 0.6) is 5.75 Å². The Morgan fingerprint density at radius 3 is 2.38 bits per heavy atom. The summed E-state index contributed by atoms with van der Waals surface area (Å²) in [5, 5.41) is 3.05. The third-order valence-corrected chi connectivity index (χ3v) is 5.70. The average Bonchev–Trinajstić information content (AvgIpc) is 2.83. The fraction of sp³-hybridized carbons (Fsp3) is 0.440. The van der Waals surface area contributed by atoms with Gasteiger partial charge in [0.05, 0.1) is 20.3 Å². The van der Waals surface area contributed by atoms with E-state index < -0.39 is 6.04 Å². The number of hydrogen-bond acceptors (Lipinski definition) is 5. The van der Waals surface area contributed by atoms with Crippen LogP contribution in [0.15, 0.2) is 54.6 Å². The SMILES string of the molecule is COc1ccc(CN(C(C)=O)C(Cc2ccccc2)C(=O)NCCN2CCOCC2)cc1. The first-order valence-corrected chi connectivity index (χ1v) is 11.1. The lowest BCUT2D eigenvalue weighted by atomic mass is 10.0. The number of amides is 2. The van der Waals surface area contributed by atoms with E-state index in [1.807, 2.05) is 54.6 Å². The Kier molecular flexibility index (Phi) is 9.07. The van der Waals surface area contributed by atoms with Crippen molar-refractivity contribution in [3.63, 3.8) is 0 Å². The van der Waals surface area contributed by atoms with E-state index in [0.717, 1.165) is 49.7 Å².